The van der Waals surface area contributed by atoms with Gasteiger partial charge in [0.1, 0.15) is 31.3 Å². The standard InChI is InChI=1S/C43H48Cl2N2O7/c1-28-20-39(44)41(40(45)21-28)53-19-18-52-35-13-9-32(10-14-35)37-15-16-46-25-38(37)42(48)47(34-11-12-34)26-31-22-30(4-3-17-51-2)23-36(24-31)54-27-29-5-7-33(8-6-29)43(49)50/h5-10,13-14,20-24,34,37-38,46H,3-4,11-12,15-19,25-27H2,1-2H3,(H,49,50)/t37-,38+/m1/s1. The van der Waals surface area contributed by atoms with Crippen molar-refractivity contribution in [2.45, 2.75) is 64.1 Å². The normalized spacial score (nSPS) is 16.8. The van der Waals surface area contributed by atoms with E-state index in [0.717, 1.165) is 78.0 Å². The lowest BCUT2D eigenvalue weighted by Crippen LogP contribution is -2.47. The number of aryl methyl sites for hydroxylation is 2. The molecule has 6 rings (SSSR count). The third-order valence-electron chi connectivity index (χ3n) is 9.92. The number of hydrogen-bond donors (Lipinski definition) is 2. The van der Waals surface area contributed by atoms with Crippen LogP contribution in [0.5, 0.6) is 17.2 Å². The van der Waals surface area contributed by atoms with Crippen LogP contribution in [0.25, 0.3) is 0 Å². The van der Waals surface area contributed by atoms with Crippen molar-refractivity contribution in [1.29, 1.82) is 0 Å². The predicted molar refractivity (Wildman–Crippen MR) is 210 cm³/mol. The van der Waals surface area contributed by atoms with Gasteiger partial charge >= 0.3 is 5.97 Å². The number of benzene rings is 4. The first-order chi connectivity index (χ1) is 26.2. The van der Waals surface area contributed by atoms with Crippen LogP contribution in [0.2, 0.25) is 10.0 Å². The highest BCUT2D eigenvalue weighted by Crippen LogP contribution is 2.37. The Morgan fingerprint density at radius 1 is 0.815 bits per heavy atom. The maximum absolute atomic E-state index is 14.5. The van der Waals surface area contributed by atoms with E-state index in [1.165, 1.54) is 0 Å². The number of carboxylic acids is 1. The largest absolute Gasteiger partial charge is 0.490 e. The molecule has 0 spiro atoms. The molecule has 2 atom stereocenters. The molecule has 2 aliphatic rings. The number of carboxylic acid groups (broad SMARTS) is 1. The molecule has 1 saturated heterocycles. The van der Waals surface area contributed by atoms with E-state index in [0.29, 0.717) is 48.7 Å². The van der Waals surface area contributed by atoms with E-state index in [1.807, 2.05) is 43.3 Å². The van der Waals surface area contributed by atoms with Gasteiger partial charge in [-0.2, -0.15) is 0 Å². The molecular formula is C43H48Cl2N2O7. The number of carbonyl (C=O) groups excluding carboxylic acids is 1. The van der Waals surface area contributed by atoms with Crippen LogP contribution in [0.15, 0.2) is 78.9 Å². The molecule has 1 saturated carbocycles. The predicted octanol–water partition coefficient (Wildman–Crippen LogP) is 8.50. The second kappa shape index (κ2) is 18.8. The molecule has 9 nitrogen and oxygen atoms in total. The molecule has 286 valence electrons. The van der Waals surface area contributed by atoms with Gasteiger partial charge in [-0.1, -0.05) is 53.5 Å². The fourth-order valence-corrected chi connectivity index (χ4v) is 7.72. The Bertz CT molecular complexity index is 1860. The quantitative estimate of drug-likeness (QED) is 0.0970. The number of rotatable bonds is 18. The van der Waals surface area contributed by atoms with Crippen molar-refractivity contribution >= 4 is 35.1 Å². The Kier molecular flexibility index (Phi) is 13.8. The van der Waals surface area contributed by atoms with Crippen LogP contribution < -0.4 is 19.5 Å². The van der Waals surface area contributed by atoms with Crippen LogP contribution in [0.3, 0.4) is 0 Å². The molecule has 1 aliphatic heterocycles. The highest BCUT2D eigenvalue weighted by Gasteiger charge is 2.40. The molecule has 4 aromatic rings. The number of methoxy groups -OCH3 is 1. The Morgan fingerprint density at radius 3 is 2.20 bits per heavy atom. The molecule has 0 radical (unpaired) electrons. The van der Waals surface area contributed by atoms with Crippen LogP contribution in [0, 0.1) is 12.8 Å². The molecule has 4 aromatic carbocycles. The second-order valence-corrected chi connectivity index (χ2v) is 14.9. The summed E-state index contributed by atoms with van der Waals surface area (Å²) in [5.41, 5.74) is 5.35. The van der Waals surface area contributed by atoms with E-state index in [4.69, 9.17) is 42.1 Å². The van der Waals surface area contributed by atoms with E-state index in [2.05, 4.69) is 28.4 Å². The van der Waals surface area contributed by atoms with Gasteiger partial charge in [0.15, 0.2) is 5.75 Å². The van der Waals surface area contributed by atoms with Crippen molar-refractivity contribution in [3.05, 3.63) is 122 Å². The molecule has 2 fully saturated rings. The van der Waals surface area contributed by atoms with Crippen molar-refractivity contribution in [3.63, 3.8) is 0 Å². The smallest absolute Gasteiger partial charge is 0.335 e. The van der Waals surface area contributed by atoms with Gasteiger partial charge in [-0.3, -0.25) is 4.79 Å². The molecule has 0 aromatic heterocycles. The number of amides is 1. The van der Waals surface area contributed by atoms with Gasteiger partial charge in [-0.05, 0) is 128 Å². The summed E-state index contributed by atoms with van der Waals surface area (Å²) in [7, 11) is 1.70. The van der Waals surface area contributed by atoms with Gasteiger partial charge in [0.25, 0.3) is 0 Å². The first-order valence-electron chi connectivity index (χ1n) is 18.6. The number of aromatic carboxylic acids is 1. The molecular weight excluding hydrogens is 727 g/mol. The summed E-state index contributed by atoms with van der Waals surface area (Å²) in [5, 5.41) is 13.7. The summed E-state index contributed by atoms with van der Waals surface area (Å²) in [5.74, 6) is 0.993. The van der Waals surface area contributed by atoms with Crippen LogP contribution in [-0.2, 0) is 29.1 Å². The third kappa shape index (κ3) is 10.7. The summed E-state index contributed by atoms with van der Waals surface area (Å²) >= 11 is 12.6. The van der Waals surface area contributed by atoms with E-state index >= 15 is 0 Å². The van der Waals surface area contributed by atoms with Crippen LogP contribution in [-0.4, -0.2) is 67.9 Å². The van der Waals surface area contributed by atoms with Crippen molar-refractivity contribution in [3.8, 4) is 17.2 Å². The first kappa shape index (κ1) is 39.4. The zero-order chi connectivity index (χ0) is 38.0. The molecule has 54 heavy (non-hydrogen) atoms. The number of halogens is 2. The summed E-state index contributed by atoms with van der Waals surface area (Å²) in [6.45, 7) is 5.47. The molecule has 0 bridgehead atoms. The minimum absolute atomic E-state index is 0.0787. The number of piperidine rings is 1. The van der Waals surface area contributed by atoms with Crippen LogP contribution in [0.1, 0.15) is 69.8 Å². The maximum Gasteiger partial charge on any atom is 0.335 e. The fraction of sp³-hybridized carbons (Fsp3) is 0.395. The lowest BCUT2D eigenvalue weighted by Gasteiger charge is -2.36. The summed E-state index contributed by atoms with van der Waals surface area (Å²) in [6, 6.07) is 24.9. The number of ether oxygens (including phenoxy) is 4. The average Bonchev–Trinajstić information content (AvgIpc) is 4.01. The molecule has 11 heteroatoms. The number of hydrogen-bond acceptors (Lipinski definition) is 7. The highest BCUT2D eigenvalue weighted by molar-refractivity contribution is 6.37. The minimum Gasteiger partial charge on any atom is -0.490 e. The highest BCUT2D eigenvalue weighted by atomic mass is 35.5. The molecule has 0 unspecified atom stereocenters. The molecule has 1 aliphatic carbocycles. The minimum atomic E-state index is -0.960. The molecule has 2 N–H and O–H groups in total. The zero-order valence-electron chi connectivity index (χ0n) is 30.8. The number of nitrogens with zero attached hydrogens (tertiary/aromatic N) is 1. The lowest BCUT2D eigenvalue weighted by atomic mass is 9.80. The van der Waals surface area contributed by atoms with Crippen LogP contribution in [0.4, 0.5) is 0 Å². The number of carbonyl (C=O) groups is 2. The van der Waals surface area contributed by atoms with Gasteiger partial charge < -0.3 is 34.3 Å². The third-order valence-corrected chi connectivity index (χ3v) is 10.5. The monoisotopic (exact) mass is 774 g/mol. The van der Waals surface area contributed by atoms with E-state index < -0.39 is 5.97 Å². The van der Waals surface area contributed by atoms with E-state index in [1.54, 1.807) is 31.4 Å². The molecule has 1 amide bonds. The van der Waals surface area contributed by atoms with Crippen molar-refractivity contribution in [1.82, 2.24) is 10.2 Å². The second-order valence-electron chi connectivity index (χ2n) is 14.1. The van der Waals surface area contributed by atoms with E-state index in [9.17, 15) is 14.7 Å². The Morgan fingerprint density at radius 2 is 1.52 bits per heavy atom. The van der Waals surface area contributed by atoms with Crippen molar-refractivity contribution in [2.75, 3.05) is 40.0 Å². The average molecular weight is 776 g/mol. The van der Waals surface area contributed by atoms with Crippen LogP contribution >= 0.6 is 23.2 Å². The van der Waals surface area contributed by atoms with Gasteiger partial charge in [0, 0.05) is 32.8 Å². The molecule has 1 heterocycles. The summed E-state index contributed by atoms with van der Waals surface area (Å²) < 4.78 is 23.3. The van der Waals surface area contributed by atoms with Gasteiger partial charge in [0.2, 0.25) is 5.91 Å². The maximum atomic E-state index is 14.5. The Hall–Kier alpha value is -4.28. The lowest BCUT2D eigenvalue weighted by molar-refractivity contribution is -0.138. The number of nitrogens with one attached hydrogen (secondary N) is 1. The topological polar surface area (TPSA) is 107 Å². The Balaban J connectivity index is 1.11. The van der Waals surface area contributed by atoms with Crippen molar-refractivity contribution < 1.29 is 33.6 Å². The Labute approximate surface area is 327 Å². The summed E-state index contributed by atoms with van der Waals surface area (Å²) in [6.07, 6.45) is 4.54. The zero-order valence-corrected chi connectivity index (χ0v) is 32.3. The van der Waals surface area contributed by atoms with Gasteiger partial charge in [-0.15, -0.1) is 0 Å². The summed E-state index contributed by atoms with van der Waals surface area (Å²) in [4.78, 5) is 27.9. The SMILES string of the molecule is COCCCc1cc(CN(C(=O)[C@H]2CNCC[C@@H]2c2ccc(OCCOc3c(Cl)cc(C)cc3Cl)cc2)C2CC2)cc(OCc2ccc(C(=O)O)cc2)c1. The fourth-order valence-electron chi connectivity index (χ4n) is 7.02. The van der Waals surface area contributed by atoms with Gasteiger partial charge in [0.05, 0.1) is 21.5 Å². The van der Waals surface area contributed by atoms with Gasteiger partial charge in [-0.25, -0.2) is 4.79 Å². The van der Waals surface area contributed by atoms with E-state index in [-0.39, 0.29) is 36.0 Å². The first-order valence-corrected chi connectivity index (χ1v) is 19.3. The van der Waals surface area contributed by atoms with Crippen molar-refractivity contribution in [2.24, 2.45) is 5.92 Å².